The molecule has 5 atom stereocenters. The van der Waals surface area contributed by atoms with Gasteiger partial charge >= 0.3 is 0 Å². The van der Waals surface area contributed by atoms with Gasteiger partial charge in [0.25, 0.3) is 0 Å². The van der Waals surface area contributed by atoms with Gasteiger partial charge in [0.1, 0.15) is 0 Å². The third-order valence-electron chi connectivity index (χ3n) is 5.11. The van der Waals surface area contributed by atoms with Crippen LogP contribution in [0.3, 0.4) is 0 Å². The summed E-state index contributed by atoms with van der Waals surface area (Å²) >= 11 is 0. The summed E-state index contributed by atoms with van der Waals surface area (Å²) in [6, 6.07) is 0. The summed E-state index contributed by atoms with van der Waals surface area (Å²) in [4.78, 5) is 26.2. The van der Waals surface area contributed by atoms with Crippen molar-refractivity contribution in [2.45, 2.75) is 58.2 Å². The van der Waals surface area contributed by atoms with Gasteiger partial charge < -0.3 is 4.74 Å². The Labute approximate surface area is 114 Å². The molecule has 4 heteroatoms. The van der Waals surface area contributed by atoms with Gasteiger partial charge in [-0.2, -0.15) is 0 Å². The number of fused-ring (bicyclic) bond motifs is 1. The number of likely N-dealkylation sites (tertiary alicyclic amines) is 1. The minimum atomic E-state index is -0.00732. The number of epoxide rings is 1. The quantitative estimate of drug-likeness (QED) is 0.564. The minimum Gasteiger partial charge on any atom is -0.369 e. The number of nitrogens with zero attached hydrogens (tertiary/aromatic N) is 1. The molecule has 0 aromatic heterocycles. The van der Waals surface area contributed by atoms with Crippen LogP contribution < -0.4 is 0 Å². The second-order valence-electron chi connectivity index (χ2n) is 6.15. The fourth-order valence-corrected chi connectivity index (χ4v) is 3.84. The fraction of sp³-hybridized carbons (Fsp3) is 0.867. The molecular weight excluding hydrogens is 242 g/mol. The van der Waals surface area contributed by atoms with Gasteiger partial charge in [0.2, 0.25) is 11.8 Å². The molecule has 2 heterocycles. The van der Waals surface area contributed by atoms with E-state index in [2.05, 4.69) is 13.8 Å². The number of rotatable bonds is 5. The first-order chi connectivity index (χ1) is 9.17. The summed E-state index contributed by atoms with van der Waals surface area (Å²) in [6.07, 6.45) is 5.43. The minimum absolute atomic E-state index is 0.00732. The van der Waals surface area contributed by atoms with Crippen LogP contribution in [0, 0.1) is 17.8 Å². The molecule has 3 aliphatic rings. The van der Waals surface area contributed by atoms with E-state index in [1.165, 1.54) is 4.90 Å². The predicted octanol–water partition coefficient (Wildman–Crippen LogP) is 1.98. The standard InChI is InChI=1S/C15H23NO3/c1-3-9(13-12(4-2)19-13)8-16-14(17)10-6-5-7-11(10)15(16)18/h9-13H,3-8H2,1-2H3. The lowest BCUT2D eigenvalue weighted by atomic mass is 9.98. The lowest BCUT2D eigenvalue weighted by Crippen LogP contribution is -2.37. The topological polar surface area (TPSA) is 49.9 Å². The fourth-order valence-electron chi connectivity index (χ4n) is 3.84. The van der Waals surface area contributed by atoms with Gasteiger partial charge in [0, 0.05) is 12.5 Å². The zero-order chi connectivity index (χ0) is 13.6. The van der Waals surface area contributed by atoms with E-state index in [0.29, 0.717) is 18.6 Å². The van der Waals surface area contributed by atoms with Gasteiger partial charge in [-0.1, -0.05) is 20.3 Å². The first-order valence-corrected chi connectivity index (χ1v) is 7.68. The first kappa shape index (κ1) is 13.1. The van der Waals surface area contributed by atoms with E-state index in [9.17, 15) is 9.59 Å². The van der Waals surface area contributed by atoms with Crippen molar-refractivity contribution in [3.05, 3.63) is 0 Å². The van der Waals surface area contributed by atoms with Gasteiger partial charge in [0.05, 0.1) is 24.0 Å². The Kier molecular flexibility index (Phi) is 3.37. The van der Waals surface area contributed by atoms with E-state index in [0.717, 1.165) is 32.1 Å². The Morgan fingerprint density at radius 3 is 2.32 bits per heavy atom. The van der Waals surface area contributed by atoms with Crippen LogP contribution in [-0.4, -0.2) is 35.5 Å². The molecular formula is C15H23NO3. The van der Waals surface area contributed by atoms with E-state index >= 15 is 0 Å². The van der Waals surface area contributed by atoms with Crippen LogP contribution >= 0.6 is 0 Å². The molecule has 0 N–H and O–H groups in total. The van der Waals surface area contributed by atoms with Crippen molar-refractivity contribution in [2.24, 2.45) is 17.8 Å². The number of carbonyl (C=O) groups excluding carboxylic acids is 2. The van der Waals surface area contributed by atoms with Crippen LogP contribution in [0.5, 0.6) is 0 Å². The maximum Gasteiger partial charge on any atom is 0.233 e. The molecule has 0 aromatic carbocycles. The van der Waals surface area contributed by atoms with Crippen LogP contribution in [0.1, 0.15) is 46.0 Å². The highest BCUT2D eigenvalue weighted by atomic mass is 16.6. The van der Waals surface area contributed by atoms with E-state index in [-0.39, 0.29) is 29.8 Å². The van der Waals surface area contributed by atoms with Crippen molar-refractivity contribution >= 4 is 11.8 Å². The number of hydrogen-bond donors (Lipinski definition) is 0. The van der Waals surface area contributed by atoms with Crippen LogP contribution in [0.4, 0.5) is 0 Å². The Morgan fingerprint density at radius 1 is 1.21 bits per heavy atom. The smallest absolute Gasteiger partial charge is 0.233 e. The molecule has 106 valence electrons. The maximum atomic E-state index is 12.3. The number of carbonyl (C=O) groups is 2. The molecule has 2 saturated heterocycles. The van der Waals surface area contributed by atoms with Crippen molar-refractivity contribution in [1.82, 2.24) is 4.90 Å². The summed E-state index contributed by atoms with van der Waals surface area (Å²) in [6.45, 7) is 4.81. The lowest BCUT2D eigenvalue weighted by Gasteiger charge is -2.21. The normalized spacial score (nSPS) is 38.7. The molecule has 1 aliphatic carbocycles. The Balaban J connectivity index is 1.66. The first-order valence-electron chi connectivity index (χ1n) is 7.68. The van der Waals surface area contributed by atoms with Crippen molar-refractivity contribution in [2.75, 3.05) is 6.54 Å². The van der Waals surface area contributed by atoms with Gasteiger partial charge in [-0.05, 0) is 25.7 Å². The second-order valence-corrected chi connectivity index (χ2v) is 6.15. The molecule has 2 aliphatic heterocycles. The molecule has 0 spiro atoms. The number of imide groups is 1. The van der Waals surface area contributed by atoms with E-state index in [1.807, 2.05) is 0 Å². The van der Waals surface area contributed by atoms with Crippen LogP contribution in [0.15, 0.2) is 0 Å². The van der Waals surface area contributed by atoms with Crippen LogP contribution in [-0.2, 0) is 14.3 Å². The third kappa shape index (κ3) is 2.10. The Hall–Kier alpha value is -0.900. The average Bonchev–Trinajstić information content (AvgIpc) is 2.96. The maximum absolute atomic E-state index is 12.3. The monoisotopic (exact) mass is 265 g/mol. The van der Waals surface area contributed by atoms with Crippen molar-refractivity contribution in [1.29, 1.82) is 0 Å². The van der Waals surface area contributed by atoms with Crippen molar-refractivity contribution < 1.29 is 14.3 Å². The summed E-state index contributed by atoms with van der Waals surface area (Å²) in [5.41, 5.74) is 0. The second kappa shape index (κ2) is 4.89. The number of ether oxygens (including phenoxy) is 1. The molecule has 2 amide bonds. The predicted molar refractivity (Wildman–Crippen MR) is 70.3 cm³/mol. The molecule has 5 unspecified atom stereocenters. The Bertz CT molecular complexity index is 373. The molecule has 0 radical (unpaired) electrons. The van der Waals surface area contributed by atoms with E-state index < -0.39 is 0 Å². The molecule has 19 heavy (non-hydrogen) atoms. The zero-order valence-corrected chi connectivity index (χ0v) is 11.8. The summed E-state index contributed by atoms with van der Waals surface area (Å²) in [7, 11) is 0. The number of hydrogen-bond acceptors (Lipinski definition) is 3. The highest BCUT2D eigenvalue weighted by Crippen LogP contribution is 2.41. The zero-order valence-electron chi connectivity index (χ0n) is 11.8. The van der Waals surface area contributed by atoms with Gasteiger partial charge in [-0.15, -0.1) is 0 Å². The summed E-state index contributed by atoms with van der Waals surface area (Å²) in [5, 5.41) is 0. The van der Waals surface area contributed by atoms with E-state index in [1.54, 1.807) is 0 Å². The SMILES string of the molecule is CCC(CN1C(=O)C2CCCC2C1=O)C1OC1CC. The van der Waals surface area contributed by atoms with E-state index in [4.69, 9.17) is 4.74 Å². The summed E-state index contributed by atoms with van der Waals surface area (Å²) < 4.78 is 5.64. The summed E-state index contributed by atoms with van der Waals surface area (Å²) in [5.74, 6) is 0.468. The molecule has 0 aromatic rings. The van der Waals surface area contributed by atoms with Gasteiger partial charge in [-0.3, -0.25) is 14.5 Å². The number of amides is 2. The molecule has 0 bridgehead atoms. The van der Waals surface area contributed by atoms with Crippen LogP contribution in [0.2, 0.25) is 0 Å². The Morgan fingerprint density at radius 2 is 1.84 bits per heavy atom. The van der Waals surface area contributed by atoms with Crippen LogP contribution in [0.25, 0.3) is 0 Å². The highest BCUT2D eigenvalue weighted by Gasteiger charge is 2.51. The molecule has 3 fully saturated rings. The molecule has 1 saturated carbocycles. The van der Waals surface area contributed by atoms with Crippen molar-refractivity contribution in [3.8, 4) is 0 Å². The van der Waals surface area contributed by atoms with Gasteiger partial charge in [-0.25, -0.2) is 0 Å². The van der Waals surface area contributed by atoms with Crippen molar-refractivity contribution in [3.63, 3.8) is 0 Å². The molecule has 3 rings (SSSR count). The largest absolute Gasteiger partial charge is 0.369 e. The lowest BCUT2D eigenvalue weighted by molar-refractivity contribution is -0.141. The molecule has 4 nitrogen and oxygen atoms in total. The average molecular weight is 265 g/mol. The third-order valence-corrected chi connectivity index (χ3v) is 5.11. The highest BCUT2D eigenvalue weighted by molar-refractivity contribution is 6.05. The van der Waals surface area contributed by atoms with Gasteiger partial charge in [0.15, 0.2) is 0 Å².